The van der Waals surface area contributed by atoms with Crippen LogP contribution in [0.5, 0.6) is 0 Å². The summed E-state index contributed by atoms with van der Waals surface area (Å²) in [6.45, 7) is 8.22. The topological polar surface area (TPSA) is 61.4 Å². The van der Waals surface area contributed by atoms with Gasteiger partial charge in [0, 0.05) is 30.5 Å². The molecule has 5 nitrogen and oxygen atoms in total. The number of nitrogens with one attached hydrogen (secondary N) is 2. The van der Waals surface area contributed by atoms with Crippen molar-refractivity contribution in [2.75, 3.05) is 23.3 Å². The quantitative estimate of drug-likeness (QED) is 0.690. The van der Waals surface area contributed by atoms with Crippen LogP contribution in [0, 0.1) is 18.8 Å². The van der Waals surface area contributed by atoms with Gasteiger partial charge in [-0.15, -0.1) is 0 Å². The molecule has 2 N–H and O–H groups in total. The van der Waals surface area contributed by atoms with E-state index in [0.29, 0.717) is 12.5 Å². The fourth-order valence-electron chi connectivity index (χ4n) is 4.31. The molecule has 0 saturated heterocycles. The maximum Gasteiger partial charge on any atom is 0.228 e. The van der Waals surface area contributed by atoms with Crippen LogP contribution in [-0.2, 0) is 9.59 Å². The van der Waals surface area contributed by atoms with Gasteiger partial charge in [0.15, 0.2) is 0 Å². The van der Waals surface area contributed by atoms with E-state index < -0.39 is 0 Å². The van der Waals surface area contributed by atoms with Crippen molar-refractivity contribution in [2.45, 2.75) is 71.8 Å². The minimum Gasteiger partial charge on any atom is -0.372 e. The molecule has 28 heavy (non-hydrogen) atoms. The highest BCUT2D eigenvalue weighted by Gasteiger charge is 2.48. The van der Waals surface area contributed by atoms with Crippen LogP contribution in [0.1, 0.15) is 64.4 Å². The highest BCUT2D eigenvalue weighted by molar-refractivity contribution is 6.00. The van der Waals surface area contributed by atoms with Crippen molar-refractivity contribution in [2.24, 2.45) is 11.8 Å². The number of hydrogen-bond acceptors (Lipinski definition) is 3. The lowest BCUT2D eigenvalue weighted by molar-refractivity contribution is -0.125. The van der Waals surface area contributed by atoms with Crippen LogP contribution < -0.4 is 15.5 Å². The Morgan fingerprint density at radius 1 is 1.00 bits per heavy atom. The number of carbonyl (C=O) groups excluding carboxylic acids is 2. The summed E-state index contributed by atoms with van der Waals surface area (Å²) in [5, 5.41) is 6.22. The fourth-order valence-corrected chi connectivity index (χ4v) is 4.31. The highest BCUT2D eigenvalue weighted by atomic mass is 16.2. The molecule has 0 radical (unpaired) electrons. The van der Waals surface area contributed by atoms with Gasteiger partial charge in [0.1, 0.15) is 0 Å². The van der Waals surface area contributed by atoms with Gasteiger partial charge in [-0.2, -0.15) is 0 Å². The summed E-state index contributed by atoms with van der Waals surface area (Å²) < 4.78 is 0. The summed E-state index contributed by atoms with van der Waals surface area (Å²) in [6, 6.07) is 6.45. The molecule has 2 unspecified atom stereocenters. The predicted molar refractivity (Wildman–Crippen MR) is 115 cm³/mol. The summed E-state index contributed by atoms with van der Waals surface area (Å²) in [5.74, 6) is -0.300. The molecular weight excluding hydrogens is 350 g/mol. The van der Waals surface area contributed by atoms with E-state index in [1.165, 1.54) is 31.4 Å². The van der Waals surface area contributed by atoms with Crippen molar-refractivity contribution in [3.8, 4) is 0 Å². The number of benzene rings is 1. The van der Waals surface area contributed by atoms with Gasteiger partial charge in [-0.3, -0.25) is 9.59 Å². The van der Waals surface area contributed by atoms with Crippen molar-refractivity contribution in [3.63, 3.8) is 0 Å². The second-order valence-electron chi connectivity index (χ2n) is 8.31. The van der Waals surface area contributed by atoms with E-state index in [0.717, 1.165) is 37.2 Å². The molecule has 1 aromatic carbocycles. The Bertz CT molecular complexity index is 691. The fraction of sp³-hybridized carbons (Fsp3) is 0.652. The maximum absolute atomic E-state index is 12.6. The average Bonchev–Trinajstić information content (AvgIpc) is 3.49. The molecule has 0 bridgehead atoms. The smallest absolute Gasteiger partial charge is 0.228 e. The molecule has 0 aliphatic heterocycles. The van der Waals surface area contributed by atoms with E-state index in [2.05, 4.69) is 41.5 Å². The standard InChI is InChI=1S/C23H35N3O2/c1-4-26(5-2)18-12-13-21(16(3)14-18)25-23(28)20-15-19(20)22(27)24-17-10-8-6-7-9-11-17/h12-14,17,19-20H,4-11,15H2,1-3H3,(H,24,27)(H,25,28). The summed E-state index contributed by atoms with van der Waals surface area (Å²) >= 11 is 0. The maximum atomic E-state index is 12.6. The van der Waals surface area contributed by atoms with E-state index in [4.69, 9.17) is 0 Å². The zero-order chi connectivity index (χ0) is 20.1. The van der Waals surface area contributed by atoms with Gasteiger partial charge in [0.2, 0.25) is 11.8 Å². The van der Waals surface area contributed by atoms with Crippen molar-refractivity contribution in [1.29, 1.82) is 0 Å². The Labute approximate surface area is 169 Å². The molecule has 2 aliphatic rings. The highest BCUT2D eigenvalue weighted by Crippen LogP contribution is 2.40. The number of hydrogen-bond donors (Lipinski definition) is 2. The largest absolute Gasteiger partial charge is 0.372 e. The van der Waals surface area contributed by atoms with Gasteiger partial charge in [-0.25, -0.2) is 0 Å². The van der Waals surface area contributed by atoms with E-state index in [9.17, 15) is 9.59 Å². The van der Waals surface area contributed by atoms with Crippen LogP contribution in [-0.4, -0.2) is 30.9 Å². The van der Waals surface area contributed by atoms with Gasteiger partial charge in [-0.05, 0) is 63.8 Å². The molecule has 0 aromatic heterocycles. The van der Waals surface area contributed by atoms with E-state index in [-0.39, 0.29) is 23.7 Å². The number of rotatable bonds is 7. The summed E-state index contributed by atoms with van der Waals surface area (Å²) in [6.07, 6.45) is 7.76. The minimum atomic E-state index is -0.187. The van der Waals surface area contributed by atoms with E-state index in [1.807, 2.05) is 13.0 Å². The molecule has 2 aliphatic carbocycles. The second-order valence-corrected chi connectivity index (χ2v) is 8.31. The van der Waals surface area contributed by atoms with Crippen LogP contribution in [0.25, 0.3) is 0 Å². The van der Waals surface area contributed by atoms with Crippen LogP contribution >= 0.6 is 0 Å². The Balaban J connectivity index is 1.52. The summed E-state index contributed by atoms with van der Waals surface area (Å²) in [5.41, 5.74) is 3.07. The lowest BCUT2D eigenvalue weighted by Crippen LogP contribution is -2.36. The SMILES string of the molecule is CCN(CC)c1ccc(NC(=O)C2CC2C(=O)NC2CCCCCC2)c(C)c1. The predicted octanol–water partition coefficient (Wildman–Crippen LogP) is 4.25. The van der Waals surface area contributed by atoms with Crippen molar-refractivity contribution >= 4 is 23.2 Å². The number of anilines is 2. The van der Waals surface area contributed by atoms with Crippen molar-refractivity contribution < 1.29 is 9.59 Å². The molecule has 3 rings (SSSR count). The first kappa shape index (κ1) is 20.7. The molecule has 0 spiro atoms. The number of carbonyl (C=O) groups is 2. The van der Waals surface area contributed by atoms with Crippen molar-refractivity contribution in [3.05, 3.63) is 23.8 Å². The molecule has 0 heterocycles. The second kappa shape index (κ2) is 9.44. The molecular formula is C23H35N3O2. The zero-order valence-electron chi connectivity index (χ0n) is 17.6. The lowest BCUT2D eigenvalue weighted by atomic mass is 10.1. The first-order valence-corrected chi connectivity index (χ1v) is 11.0. The zero-order valence-corrected chi connectivity index (χ0v) is 17.6. The van der Waals surface area contributed by atoms with Gasteiger partial charge in [0.05, 0.1) is 11.8 Å². The van der Waals surface area contributed by atoms with Crippen LogP contribution in [0.3, 0.4) is 0 Å². The van der Waals surface area contributed by atoms with Crippen LogP contribution in [0.4, 0.5) is 11.4 Å². The van der Waals surface area contributed by atoms with Crippen LogP contribution in [0.15, 0.2) is 18.2 Å². The summed E-state index contributed by atoms with van der Waals surface area (Å²) in [4.78, 5) is 27.4. The van der Waals surface area contributed by atoms with Gasteiger partial charge in [-0.1, -0.05) is 25.7 Å². The third-order valence-electron chi connectivity index (χ3n) is 6.26. The summed E-state index contributed by atoms with van der Waals surface area (Å²) in [7, 11) is 0. The Morgan fingerprint density at radius 3 is 2.25 bits per heavy atom. The molecule has 2 amide bonds. The first-order valence-electron chi connectivity index (χ1n) is 11.0. The number of aryl methyl sites for hydroxylation is 1. The monoisotopic (exact) mass is 385 g/mol. The van der Waals surface area contributed by atoms with Gasteiger partial charge in [0.25, 0.3) is 0 Å². The molecule has 2 atom stereocenters. The molecule has 1 aromatic rings. The number of amides is 2. The van der Waals surface area contributed by atoms with E-state index >= 15 is 0 Å². The van der Waals surface area contributed by atoms with E-state index in [1.54, 1.807) is 0 Å². The minimum absolute atomic E-state index is 0.0281. The third kappa shape index (κ3) is 5.06. The lowest BCUT2D eigenvalue weighted by Gasteiger charge is -2.22. The third-order valence-corrected chi connectivity index (χ3v) is 6.26. The molecule has 5 heteroatoms. The molecule has 154 valence electrons. The molecule has 2 fully saturated rings. The Hall–Kier alpha value is -2.04. The Kier molecular flexibility index (Phi) is 6.97. The normalized spacial score (nSPS) is 22.2. The van der Waals surface area contributed by atoms with Gasteiger partial charge >= 0.3 is 0 Å². The molecule has 2 saturated carbocycles. The first-order chi connectivity index (χ1) is 13.5. The average molecular weight is 386 g/mol. The van der Waals surface area contributed by atoms with Gasteiger partial charge < -0.3 is 15.5 Å². The number of nitrogens with zero attached hydrogens (tertiary/aromatic N) is 1. The van der Waals surface area contributed by atoms with Crippen LogP contribution in [0.2, 0.25) is 0 Å². The Morgan fingerprint density at radius 2 is 1.64 bits per heavy atom. The van der Waals surface area contributed by atoms with Crippen molar-refractivity contribution in [1.82, 2.24) is 5.32 Å².